The van der Waals surface area contributed by atoms with Crippen molar-refractivity contribution in [1.82, 2.24) is 15.6 Å². The van der Waals surface area contributed by atoms with Crippen LogP contribution in [0.5, 0.6) is 11.5 Å². The molecule has 30 heavy (non-hydrogen) atoms. The van der Waals surface area contributed by atoms with E-state index < -0.39 is 18.0 Å². The van der Waals surface area contributed by atoms with Crippen LogP contribution < -0.4 is 20.1 Å². The van der Waals surface area contributed by atoms with E-state index in [1.165, 1.54) is 14.2 Å². The number of hydrogen-bond acceptors (Lipinski definition) is 6. The Morgan fingerprint density at radius 3 is 2.57 bits per heavy atom. The van der Waals surface area contributed by atoms with Crippen LogP contribution in [0.3, 0.4) is 0 Å². The lowest BCUT2D eigenvalue weighted by Crippen LogP contribution is -2.39. The Morgan fingerprint density at radius 1 is 1.27 bits per heavy atom. The largest absolute Gasteiger partial charge is 0.497 e. The van der Waals surface area contributed by atoms with Crippen LogP contribution in [0.25, 0.3) is 0 Å². The highest BCUT2D eigenvalue weighted by Gasteiger charge is 2.33. The zero-order valence-electron chi connectivity index (χ0n) is 16.6. The van der Waals surface area contributed by atoms with Crippen molar-refractivity contribution >= 4 is 41.3 Å². The molecule has 0 bridgehead atoms. The summed E-state index contributed by atoms with van der Waals surface area (Å²) in [4.78, 5) is 7.78. The molecule has 0 saturated heterocycles. The average Bonchev–Trinajstić information content (AvgIpc) is 3.19. The SMILES string of the molecule is CCNC(=NCc1nc(C(F)(F)F)cs1)NCC(O)c1cc(OC)ccc1OC.I. The van der Waals surface area contributed by atoms with Gasteiger partial charge < -0.3 is 25.2 Å². The summed E-state index contributed by atoms with van der Waals surface area (Å²) in [5.41, 5.74) is -0.392. The third-order valence-corrected chi connectivity index (χ3v) is 4.65. The van der Waals surface area contributed by atoms with E-state index in [-0.39, 0.29) is 42.1 Å². The van der Waals surface area contributed by atoms with Crippen molar-refractivity contribution < 1.29 is 27.8 Å². The highest BCUT2D eigenvalue weighted by Crippen LogP contribution is 2.30. The molecule has 7 nitrogen and oxygen atoms in total. The van der Waals surface area contributed by atoms with Gasteiger partial charge in [0.25, 0.3) is 0 Å². The maximum atomic E-state index is 12.6. The molecule has 0 amide bonds. The molecule has 3 N–H and O–H groups in total. The summed E-state index contributed by atoms with van der Waals surface area (Å²) < 4.78 is 48.4. The minimum absolute atomic E-state index is 0. The molecule has 168 valence electrons. The molecule has 0 spiro atoms. The molecule has 12 heteroatoms. The summed E-state index contributed by atoms with van der Waals surface area (Å²) in [5, 5.41) is 17.7. The summed E-state index contributed by atoms with van der Waals surface area (Å²) in [5.74, 6) is 1.42. The highest BCUT2D eigenvalue weighted by atomic mass is 127. The Kier molecular flexibility index (Phi) is 10.6. The quantitative estimate of drug-likeness (QED) is 0.260. The fraction of sp³-hybridized carbons (Fsp3) is 0.444. The van der Waals surface area contributed by atoms with E-state index in [0.29, 0.717) is 29.6 Å². The number of hydrogen-bond donors (Lipinski definition) is 3. The molecule has 2 rings (SSSR count). The average molecular weight is 560 g/mol. The van der Waals surface area contributed by atoms with Gasteiger partial charge in [-0.25, -0.2) is 9.98 Å². The van der Waals surface area contributed by atoms with Crippen LogP contribution in [0, 0.1) is 0 Å². The lowest BCUT2D eigenvalue weighted by Gasteiger charge is -2.18. The molecule has 1 aromatic heterocycles. The van der Waals surface area contributed by atoms with Crippen molar-refractivity contribution in [2.45, 2.75) is 25.7 Å². The van der Waals surface area contributed by atoms with Gasteiger partial charge in [0.2, 0.25) is 0 Å². The number of guanidine groups is 1. The third-order valence-electron chi connectivity index (χ3n) is 3.82. The van der Waals surface area contributed by atoms with Gasteiger partial charge in [-0.2, -0.15) is 13.2 Å². The second-order valence-electron chi connectivity index (χ2n) is 5.82. The van der Waals surface area contributed by atoms with Gasteiger partial charge in [0, 0.05) is 24.0 Å². The van der Waals surface area contributed by atoms with Crippen LogP contribution in [0.4, 0.5) is 13.2 Å². The van der Waals surface area contributed by atoms with Gasteiger partial charge in [-0.3, -0.25) is 0 Å². The summed E-state index contributed by atoms with van der Waals surface area (Å²) in [6.07, 6.45) is -5.40. The van der Waals surface area contributed by atoms with E-state index in [0.717, 1.165) is 16.7 Å². The maximum Gasteiger partial charge on any atom is 0.434 e. The Hall–Kier alpha value is -1.80. The zero-order chi connectivity index (χ0) is 21.4. The van der Waals surface area contributed by atoms with E-state index in [9.17, 15) is 18.3 Å². The summed E-state index contributed by atoms with van der Waals surface area (Å²) >= 11 is 0.893. The van der Waals surface area contributed by atoms with Crippen LogP contribution in [0.2, 0.25) is 0 Å². The standard InChI is InChI=1S/C18H23F3N4O3S.HI/c1-4-22-17(24-9-16-25-15(10-29-16)18(19,20)21)23-8-13(26)12-7-11(27-2)5-6-14(12)28-3;/h5-7,10,13,26H,4,8-9H2,1-3H3,(H2,22,23,24);1H. The highest BCUT2D eigenvalue weighted by molar-refractivity contribution is 14.0. The number of rotatable bonds is 8. The van der Waals surface area contributed by atoms with E-state index in [4.69, 9.17) is 9.47 Å². The summed E-state index contributed by atoms with van der Waals surface area (Å²) in [7, 11) is 3.02. The van der Waals surface area contributed by atoms with E-state index in [2.05, 4.69) is 20.6 Å². The van der Waals surface area contributed by atoms with Gasteiger partial charge in [-0.05, 0) is 25.1 Å². The predicted molar refractivity (Wildman–Crippen MR) is 120 cm³/mol. The number of ether oxygens (including phenoxy) is 2. The number of nitrogens with one attached hydrogen (secondary N) is 2. The lowest BCUT2D eigenvalue weighted by molar-refractivity contribution is -0.140. The first-order valence-electron chi connectivity index (χ1n) is 8.72. The lowest BCUT2D eigenvalue weighted by atomic mass is 10.1. The number of aromatic nitrogens is 1. The van der Waals surface area contributed by atoms with Gasteiger partial charge in [0.15, 0.2) is 11.7 Å². The molecule has 1 atom stereocenters. The Bertz CT molecular complexity index is 833. The topological polar surface area (TPSA) is 88.0 Å². The van der Waals surface area contributed by atoms with Crippen molar-refractivity contribution in [3.8, 4) is 11.5 Å². The second kappa shape index (κ2) is 12.2. The monoisotopic (exact) mass is 560 g/mol. The van der Waals surface area contributed by atoms with Crippen molar-refractivity contribution in [1.29, 1.82) is 0 Å². The molecule has 1 unspecified atom stereocenters. The molecular weight excluding hydrogens is 536 g/mol. The summed E-state index contributed by atoms with van der Waals surface area (Å²) in [6.45, 7) is 2.47. The minimum atomic E-state index is -4.47. The van der Waals surface area contributed by atoms with Gasteiger partial charge >= 0.3 is 6.18 Å². The predicted octanol–water partition coefficient (Wildman–Crippen LogP) is 3.59. The Balaban J connectivity index is 0.00000450. The molecular formula is C18H24F3IN4O3S. The molecule has 0 saturated carbocycles. The molecule has 0 radical (unpaired) electrons. The van der Waals surface area contributed by atoms with E-state index in [1.54, 1.807) is 18.2 Å². The van der Waals surface area contributed by atoms with Gasteiger partial charge in [0.1, 0.15) is 16.5 Å². The number of methoxy groups -OCH3 is 2. The third kappa shape index (κ3) is 7.47. The van der Waals surface area contributed by atoms with Crippen LogP contribution in [-0.2, 0) is 12.7 Å². The fourth-order valence-electron chi connectivity index (χ4n) is 2.41. The first-order chi connectivity index (χ1) is 13.8. The number of halogens is 4. The molecule has 0 aliphatic rings. The van der Waals surface area contributed by atoms with Gasteiger partial charge in [0.05, 0.1) is 26.9 Å². The molecule has 1 heterocycles. The minimum Gasteiger partial charge on any atom is -0.497 e. The van der Waals surface area contributed by atoms with Crippen molar-refractivity contribution in [3.05, 3.63) is 39.8 Å². The Morgan fingerprint density at radius 2 is 2.00 bits per heavy atom. The number of nitrogens with zero attached hydrogens (tertiary/aromatic N) is 2. The Labute approximate surface area is 193 Å². The van der Waals surface area contributed by atoms with Crippen LogP contribution in [0.15, 0.2) is 28.6 Å². The normalized spacial score (nSPS) is 12.7. The molecule has 0 fully saturated rings. The molecule has 0 aliphatic heterocycles. The molecule has 1 aromatic carbocycles. The van der Waals surface area contributed by atoms with Crippen molar-refractivity contribution in [2.24, 2.45) is 4.99 Å². The fourth-order valence-corrected chi connectivity index (χ4v) is 3.13. The van der Waals surface area contributed by atoms with E-state index in [1.807, 2.05) is 6.92 Å². The smallest absolute Gasteiger partial charge is 0.434 e. The maximum absolute atomic E-state index is 12.6. The first kappa shape index (κ1) is 26.2. The number of aliphatic imine (C=N–C) groups is 1. The van der Waals surface area contributed by atoms with E-state index >= 15 is 0 Å². The number of aliphatic hydroxyl groups is 1. The van der Waals surface area contributed by atoms with Gasteiger partial charge in [-0.15, -0.1) is 35.3 Å². The van der Waals surface area contributed by atoms with Crippen LogP contribution in [0.1, 0.15) is 29.3 Å². The zero-order valence-corrected chi connectivity index (χ0v) is 19.8. The number of thiazole rings is 1. The second-order valence-corrected chi connectivity index (χ2v) is 6.77. The first-order valence-corrected chi connectivity index (χ1v) is 9.60. The van der Waals surface area contributed by atoms with Crippen molar-refractivity contribution in [3.63, 3.8) is 0 Å². The molecule has 2 aromatic rings. The van der Waals surface area contributed by atoms with Crippen LogP contribution >= 0.6 is 35.3 Å². The summed E-state index contributed by atoms with van der Waals surface area (Å²) in [6, 6.07) is 5.08. The van der Waals surface area contributed by atoms with Crippen molar-refractivity contribution in [2.75, 3.05) is 27.3 Å². The van der Waals surface area contributed by atoms with Gasteiger partial charge in [-0.1, -0.05) is 0 Å². The number of alkyl halides is 3. The number of aliphatic hydroxyl groups excluding tert-OH is 1. The molecule has 0 aliphatic carbocycles. The number of benzene rings is 1. The van der Waals surface area contributed by atoms with Crippen LogP contribution in [-0.4, -0.2) is 43.4 Å².